The van der Waals surface area contributed by atoms with E-state index in [0.717, 1.165) is 36.2 Å². The van der Waals surface area contributed by atoms with Crippen LogP contribution in [0.25, 0.3) is 0 Å². The van der Waals surface area contributed by atoms with Gasteiger partial charge >= 0.3 is 0 Å². The highest BCUT2D eigenvalue weighted by Crippen LogP contribution is 2.13. The minimum Gasteiger partial charge on any atom is -0.493 e. The molecule has 0 saturated heterocycles. The van der Waals surface area contributed by atoms with Crippen LogP contribution in [0.15, 0.2) is 54.6 Å². The van der Waals surface area contributed by atoms with Gasteiger partial charge in [0.2, 0.25) is 0 Å². The first kappa shape index (κ1) is 14.8. The first-order valence-electron chi connectivity index (χ1n) is 6.79. The summed E-state index contributed by atoms with van der Waals surface area (Å²) in [5.74, 6) is 3.84. The van der Waals surface area contributed by atoms with Crippen molar-refractivity contribution in [3.63, 3.8) is 0 Å². The minimum atomic E-state index is 0.735. The van der Waals surface area contributed by atoms with E-state index >= 15 is 0 Å². The lowest BCUT2D eigenvalue weighted by atomic mass is 10.2. The van der Waals surface area contributed by atoms with Crippen LogP contribution in [0.2, 0.25) is 0 Å². The quantitative estimate of drug-likeness (QED) is 0.679. The Hall–Kier alpha value is -1.61. The van der Waals surface area contributed by atoms with Crippen molar-refractivity contribution in [2.24, 2.45) is 0 Å². The van der Waals surface area contributed by atoms with Gasteiger partial charge < -0.3 is 9.47 Å². The van der Waals surface area contributed by atoms with Gasteiger partial charge in [-0.25, -0.2) is 0 Å². The molecule has 0 bridgehead atoms. The minimum absolute atomic E-state index is 0.735. The molecule has 0 amide bonds. The number of rotatable bonds is 8. The summed E-state index contributed by atoms with van der Waals surface area (Å²) in [6, 6.07) is 18.1. The Kier molecular flexibility index (Phi) is 6.32. The molecule has 0 saturated carbocycles. The van der Waals surface area contributed by atoms with Crippen molar-refractivity contribution in [1.29, 1.82) is 0 Å². The molecule has 0 aliphatic rings. The summed E-state index contributed by atoms with van der Waals surface area (Å²) in [7, 11) is 0. The number of ether oxygens (including phenoxy) is 2. The molecular formula is C17H20O2S. The van der Waals surface area contributed by atoms with Crippen molar-refractivity contribution in [3.8, 4) is 11.5 Å². The second-order valence-electron chi connectivity index (χ2n) is 4.44. The van der Waals surface area contributed by atoms with Gasteiger partial charge in [-0.2, -0.15) is 11.8 Å². The van der Waals surface area contributed by atoms with E-state index in [4.69, 9.17) is 9.47 Å². The largest absolute Gasteiger partial charge is 0.493 e. The van der Waals surface area contributed by atoms with Gasteiger partial charge in [-0.3, -0.25) is 0 Å². The van der Waals surface area contributed by atoms with Crippen molar-refractivity contribution in [2.75, 3.05) is 24.7 Å². The maximum atomic E-state index is 5.69. The van der Waals surface area contributed by atoms with Gasteiger partial charge in [0.25, 0.3) is 0 Å². The molecule has 0 atom stereocenters. The number of benzene rings is 2. The van der Waals surface area contributed by atoms with Crippen molar-refractivity contribution < 1.29 is 9.47 Å². The standard InChI is InChI=1S/C17H20O2S/c1-15-6-5-9-17(14-15)19-11-13-20-12-10-18-16-7-3-2-4-8-16/h2-9,14H,10-13H2,1H3. The van der Waals surface area contributed by atoms with Crippen LogP contribution in [0.5, 0.6) is 11.5 Å². The Bertz CT molecular complexity index is 499. The van der Waals surface area contributed by atoms with Crippen LogP contribution in [0.3, 0.4) is 0 Å². The van der Waals surface area contributed by atoms with E-state index in [-0.39, 0.29) is 0 Å². The van der Waals surface area contributed by atoms with Gasteiger partial charge in [-0.05, 0) is 36.8 Å². The average molecular weight is 288 g/mol. The lowest BCUT2D eigenvalue weighted by Gasteiger charge is -2.07. The van der Waals surface area contributed by atoms with Gasteiger partial charge in [0.05, 0.1) is 13.2 Å². The van der Waals surface area contributed by atoms with Crippen LogP contribution in [0.1, 0.15) is 5.56 Å². The summed E-state index contributed by atoms with van der Waals surface area (Å²) in [6.07, 6.45) is 0. The molecule has 0 spiro atoms. The summed E-state index contributed by atoms with van der Waals surface area (Å²) in [5, 5.41) is 0. The highest BCUT2D eigenvalue weighted by Gasteiger charge is 1.95. The fourth-order valence-electron chi connectivity index (χ4n) is 1.76. The molecule has 2 aromatic carbocycles. The molecule has 0 radical (unpaired) electrons. The zero-order chi connectivity index (χ0) is 14.0. The molecule has 0 N–H and O–H groups in total. The Morgan fingerprint density at radius 1 is 0.800 bits per heavy atom. The SMILES string of the molecule is Cc1cccc(OCCSCCOc2ccccc2)c1. The summed E-state index contributed by atoms with van der Waals surface area (Å²) >= 11 is 1.85. The topological polar surface area (TPSA) is 18.5 Å². The van der Waals surface area contributed by atoms with Crippen molar-refractivity contribution in [3.05, 3.63) is 60.2 Å². The summed E-state index contributed by atoms with van der Waals surface area (Å²) < 4.78 is 11.3. The van der Waals surface area contributed by atoms with Crippen LogP contribution in [0.4, 0.5) is 0 Å². The highest BCUT2D eigenvalue weighted by atomic mass is 32.2. The van der Waals surface area contributed by atoms with Gasteiger partial charge in [0.15, 0.2) is 0 Å². The van der Waals surface area contributed by atoms with Crippen LogP contribution < -0.4 is 9.47 Å². The predicted molar refractivity (Wildman–Crippen MR) is 85.9 cm³/mol. The maximum absolute atomic E-state index is 5.69. The molecule has 3 heteroatoms. The summed E-state index contributed by atoms with van der Waals surface area (Å²) in [4.78, 5) is 0. The Morgan fingerprint density at radius 2 is 1.45 bits per heavy atom. The van der Waals surface area contributed by atoms with Crippen molar-refractivity contribution in [2.45, 2.75) is 6.92 Å². The molecule has 0 aliphatic carbocycles. The van der Waals surface area contributed by atoms with E-state index in [2.05, 4.69) is 19.1 Å². The lowest BCUT2D eigenvalue weighted by Crippen LogP contribution is -2.04. The van der Waals surface area contributed by atoms with Gasteiger partial charge in [0, 0.05) is 11.5 Å². The van der Waals surface area contributed by atoms with E-state index in [0.29, 0.717) is 0 Å². The molecule has 0 heterocycles. The van der Waals surface area contributed by atoms with Gasteiger partial charge in [-0.15, -0.1) is 0 Å². The zero-order valence-electron chi connectivity index (χ0n) is 11.7. The Labute approximate surface area is 125 Å². The monoisotopic (exact) mass is 288 g/mol. The first-order chi connectivity index (χ1) is 9.84. The number of hydrogen-bond acceptors (Lipinski definition) is 3. The van der Waals surface area contributed by atoms with Crippen molar-refractivity contribution in [1.82, 2.24) is 0 Å². The normalized spacial score (nSPS) is 10.2. The van der Waals surface area contributed by atoms with Crippen LogP contribution in [0, 0.1) is 6.92 Å². The fraction of sp³-hybridized carbons (Fsp3) is 0.294. The molecule has 0 unspecified atom stereocenters. The van der Waals surface area contributed by atoms with E-state index in [1.807, 2.05) is 54.2 Å². The molecule has 2 aromatic rings. The maximum Gasteiger partial charge on any atom is 0.119 e. The fourth-order valence-corrected chi connectivity index (χ4v) is 2.37. The molecule has 0 fully saturated rings. The summed E-state index contributed by atoms with van der Waals surface area (Å²) in [5.41, 5.74) is 1.23. The zero-order valence-corrected chi connectivity index (χ0v) is 12.6. The third-order valence-electron chi connectivity index (χ3n) is 2.73. The predicted octanol–water partition coefficient (Wildman–Crippen LogP) is 4.19. The third-order valence-corrected chi connectivity index (χ3v) is 3.64. The highest BCUT2D eigenvalue weighted by molar-refractivity contribution is 7.99. The second-order valence-corrected chi connectivity index (χ2v) is 5.66. The lowest BCUT2D eigenvalue weighted by molar-refractivity contribution is 0.339. The van der Waals surface area contributed by atoms with E-state index < -0.39 is 0 Å². The number of hydrogen-bond donors (Lipinski definition) is 0. The van der Waals surface area contributed by atoms with Crippen LogP contribution in [-0.4, -0.2) is 24.7 Å². The Morgan fingerprint density at radius 3 is 2.15 bits per heavy atom. The van der Waals surface area contributed by atoms with E-state index in [1.54, 1.807) is 0 Å². The third kappa shape index (κ3) is 5.57. The Balaban J connectivity index is 1.52. The number of aryl methyl sites for hydroxylation is 1. The molecule has 106 valence electrons. The molecule has 2 nitrogen and oxygen atoms in total. The van der Waals surface area contributed by atoms with Crippen LogP contribution >= 0.6 is 11.8 Å². The van der Waals surface area contributed by atoms with Gasteiger partial charge in [0.1, 0.15) is 11.5 Å². The first-order valence-corrected chi connectivity index (χ1v) is 7.95. The molecule has 2 rings (SSSR count). The molecule has 0 aromatic heterocycles. The second kappa shape index (κ2) is 8.54. The smallest absolute Gasteiger partial charge is 0.119 e. The van der Waals surface area contributed by atoms with Gasteiger partial charge in [-0.1, -0.05) is 30.3 Å². The average Bonchev–Trinajstić information content (AvgIpc) is 2.47. The molecule has 20 heavy (non-hydrogen) atoms. The molecule has 0 aliphatic heterocycles. The number of para-hydroxylation sites is 1. The molecular weight excluding hydrogens is 268 g/mol. The van der Waals surface area contributed by atoms with Crippen LogP contribution in [-0.2, 0) is 0 Å². The van der Waals surface area contributed by atoms with E-state index in [1.165, 1.54) is 5.56 Å². The van der Waals surface area contributed by atoms with E-state index in [9.17, 15) is 0 Å². The number of thioether (sulfide) groups is 1. The summed E-state index contributed by atoms with van der Waals surface area (Å²) in [6.45, 7) is 3.54. The van der Waals surface area contributed by atoms with Crippen molar-refractivity contribution >= 4 is 11.8 Å².